The van der Waals surface area contributed by atoms with Crippen LogP contribution in [0, 0.1) is 0 Å². The second-order valence-corrected chi connectivity index (χ2v) is 28.4. The third-order valence-electron chi connectivity index (χ3n) is 15.9. The van der Waals surface area contributed by atoms with Gasteiger partial charge in [-0.3, -0.25) is 37.3 Å². The fourth-order valence-electron chi connectivity index (χ4n) is 10.0. The monoisotopic (exact) mass is 1440 g/mol. The average Bonchev–Trinajstić information content (AvgIpc) is 0.946. The number of hydrogen-bond acceptors (Lipinski definition) is 15. The van der Waals surface area contributed by atoms with E-state index in [1.54, 1.807) is 0 Å². The summed E-state index contributed by atoms with van der Waals surface area (Å²) in [5.41, 5.74) is 0. The lowest BCUT2D eigenvalue weighted by molar-refractivity contribution is -0.161. The first-order valence-electron chi connectivity index (χ1n) is 38.8. The van der Waals surface area contributed by atoms with Crippen LogP contribution in [-0.4, -0.2) is 96.7 Å². The number of phosphoric acid groups is 2. The van der Waals surface area contributed by atoms with Crippen LogP contribution in [0.25, 0.3) is 0 Å². The molecule has 100 heavy (non-hydrogen) atoms. The number of carbonyl (C=O) groups excluding carboxylic acids is 4. The van der Waals surface area contributed by atoms with E-state index >= 15 is 0 Å². The molecule has 574 valence electrons. The zero-order valence-electron chi connectivity index (χ0n) is 62.6. The van der Waals surface area contributed by atoms with E-state index in [1.807, 2.05) is 0 Å². The Morgan fingerprint density at radius 1 is 0.290 bits per heavy atom. The molecular formula is C81H138O17P2. The van der Waals surface area contributed by atoms with Gasteiger partial charge in [-0.15, -0.1) is 0 Å². The third-order valence-corrected chi connectivity index (χ3v) is 17.8. The van der Waals surface area contributed by atoms with Crippen molar-refractivity contribution in [2.45, 2.75) is 329 Å². The molecule has 3 N–H and O–H groups in total. The van der Waals surface area contributed by atoms with Gasteiger partial charge in [0.15, 0.2) is 12.2 Å². The van der Waals surface area contributed by atoms with Crippen LogP contribution >= 0.6 is 15.6 Å². The van der Waals surface area contributed by atoms with E-state index in [0.29, 0.717) is 32.1 Å². The molecule has 0 aliphatic carbocycles. The third kappa shape index (κ3) is 71.8. The zero-order chi connectivity index (χ0) is 73.2. The molecular weight excluding hydrogens is 1310 g/mol. The highest BCUT2D eigenvalue weighted by atomic mass is 31.2. The van der Waals surface area contributed by atoms with Crippen molar-refractivity contribution in [3.8, 4) is 0 Å². The molecule has 0 saturated carbocycles. The molecule has 0 radical (unpaired) electrons. The fourth-order valence-corrected chi connectivity index (χ4v) is 11.6. The van der Waals surface area contributed by atoms with Crippen molar-refractivity contribution in [2.24, 2.45) is 0 Å². The van der Waals surface area contributed by atoms with Crippen LogP contribution < -0.4 is 0 Å². The maximum atomic E-state index is 13.1. The number of phosphoric ester groups is 2. The second kappa shape index (κ2) is 72.8. The molecule has 19 heteroatoms. The minimum absolute atomic E-state index is 0.0366. The van der Waals surface area contributed by atoms with E-state index in [-0.39, 0.29) is 25.7 Å². The van der Waals surface area contributed by atoms with Gasteiger partial charge in [0.1, 0.15) is 19.3 Å². The number of allylic oxidation sites excluding steroid dienone is 20. The van der Waals surface area contributed by atoms with Crippen molar-refractivity contribution >= 4 is 39.5 Å². The van der Waals surface area contributed by atoms with Gasteiger partial charge in [-0.05, 0) is 154 Å². The van der Waals surface area contributed by atoms with Crippen molar-refractivity contribution < 1.29 is 80.2 Å². The Morgan fingerprint density at radius 3 is 0.830 bits per heavy atom. The van der Waals surface area contributed by atoms with Gasteiger partial charge in [0.25, 0.3) is 0 Å². The van der Waals surface area contributed by atoms with Crippen molar-refractivity contribution in [2.75, 3.05) is 39.6 Å². The fraction of sp³-hybridized carbons (Fsp3) is 0.704. The quantitative estimate of drug-likeness (QED) is 0.0169. The molecule has 0 aromatic carbocycles. The first-order valence-corrected chi connectivity index (χ1v) is 41.8. The van der Waals surface area contributed by atoms with Crippen LogP contribution in [0.2, 0.25) is 0 Å². The highest BCUT2D eigenvalue weighted by Gasteiger charge is 2.30. The van der Waals surface area contributed by atoms with Gasteiger partial charge in [-0.1, -0.05) is 252 Å². The first-order chi connectivity index (χ1) is 48.7. The van der Waals surface area contributed by atoms with E-state index in [0.717, 1.165) is 173 Å². The van der Waals surface area contributed by atoms with Gasteiger partial charge in [0.2, 0.25) is 0 Å². The SMILES string of the molecule is CC/C=C\C/C=C\C/C=C\C/C=C\CCCCCCCCC(=O)OCC(COP(=O)(O)OCC(O)COP(=O)(O)OCC(COC(=O)CCCCCCC/C=C\CCCCCC)OC(=O)CCCCCCC/C=C\CCCCCC)OC(=O)CCCC/C=C\C/C=C\C/C=C\C/C=C\CC. The van der Waals surface area contributed by atoms with Crippen molar-refractivity contribution in [3.63, 3.8) is 0 Å². The van der Waals surface area contributed by atoms with E-state index in [1.165, 1.54) is 51.4 Å². The maximum Gasteiger partial charge on any atom is 0.472 e. The average molecular weight is 1450 g/mol. The molecule has 0 heterocycles. The number of ether oxygens (including phenoxy) is 4. The minimum atomic E-state index is -4.99. The van der Waals surface area contributed by atoms with E-state index in [2.05, 4.69) is 149 Å². The lowest BCUT2D eigenvalue weighted by atomic mass is 10.1. The van der Waals surface area contributed by atoms with Gasteiger partial charge in [0, 0.05) is 25.7 Å². The number of aliphatic hydroxyl groups excluding tert-OH is 1. The summed E-state index contributed by atoms with van der Waals surface area (Å²) in [6.07, 6.45) is 79.0. The summed E-state index contributed by atoms with van der Waals surface area (Å²) in [6, 6.07) is 0. The molecule has 0 aliphatic rings. The zero-order valence-corrected chi connectivity index (χ0v) is 64.4. The molecule has 0 aliphatic heterocycles. The van der Waals surface area contributed by atoms with Crippen LogP contribution in [0.15, 0.2) is 122 Å². The molecule has 0 rings (SSSR count). The van der Waals surface area contributed by atoms with E-state index in [9.17, 15) is 43.2 Å². The number of unbranched alkanes of at least 4 members (excludes halogenated alkanes) is 26. The van der Waals surface area contributed by atoms with Crippen LogP contribution in [0.1, 0.15) is 310 Å². The summed E-state index contributed by atoms with van der Waals surface area (Å²) < 4.78 is 68.4. The molecule has 0 aromatic rings. The Morgan fingerprint density at radius 2 is 0.520 bits per heavy atom. The molecule has 0 spiro atoms. The van der Waals surface area contributed by atoms with E-state index < -0.39 is 97.5 Å². The number of carbonyl (C=O) groups is 4. The Labute approximate surface area is 606 Å². The van der Waals surface area contributed by atoms with Crippen molar-refractivity contribution in [1.82, 2.24) is 0 Å². The van der Waals surface area contributed by atoms with Gasteiger partial charge < -0.3 is 33.8 Å². The number of rotatable bonds is 72. The largest absolute Gasteiger partial charge is 0.472 e. The Bertz CT molecular complexity index is 2370. The van der Waals surface area contributed by atoms with E-state index in [4.69, 9.17) is 37.0 Å². The van der Waals surface area contributed by atoms with Gasteiger partial charge >= 0.3 is 39.5 Å². The maximum absolute atomic E-state index is 13.1. The summed E-state index contributed by atoms with van der Waals surface area (Å²) >= 11 is 0. The Kier molecular flexibility index (Phi) is 69.5. The summed E-state index contributed by atoms with van der Waals surface area (Å²) in [7, 11) is -9.97. The van der Waals surface area contributed by atoms with Crippen molar-refractivity contribution in [3.05, 3.63) is 122 Å². The summed E-state index contributed by atoms with van der Waals surface area (Å²) in [5.74, 6) is -2.25. The summed E-state index contributed by atoms with van der Waals surface area (Å²) in [5, 5.41) is 10.6. The first kappa shape index (κ1) is 95.5. The highest BCUT2D eigenvalue weighted by Crippen LogP contribution is 2.45. The standard InChI is InChI=1S/C81H138O17P2/c1-5-9-13-17-21-25-29-33-35-36-37-38-40-43-46-50-54-58-62-66-79(84)92-72-77(98-81(86)68-64-60-56-52-48-44-39-34-30-26-22-18-14-10-6-2)74-96-100(89,90)94-70-75(82)69-93-99(87,88)95-73-76(97-80(85)67-63-59-55-51-47-42-32-28-24-20-16-12-8-4)71-91-78(83)65-61-57-53-49-45-41-31-27-23-19-15-11-7-3/h9-10,13-14,21-22,25-28,31-35,37-39,48,52,75-77,82H,5-8,11-12,15-20,23-24,29-30,36,40-47,49-51,53-74H2,1-4H3,(H,87,88)(H,89,90)/b13-9-,14-10-,25-21-,26-22-,31-27-,32-28-,35-33-,38-37-,39-34-,52-48-. The molecule has 5 atom stereocenters. The Balaban J connectivity index is 5.39. The Hall–Kier alpha value is -4.54. The van der Waals surface area contributed by atoms with Gasteiger partial charge in [-0.2, -0.15) is 0 Å². The molecule has 0 saturated heterocycles. The molecule has 0 bridgehead atoms. The number of aliphatic hydroxyl groups is 1. The second-order valence-electron chi connectivity index (χ2n) is 25.5. The smallest absolute Gasteiger partial charge is 0.462 e. The molecule has 0 aromatic heterocycles. The summed E-state index contributed by atoms with van der Waals surface area (Å²) in [6.45, 7) is 4.54. The molecule has 5 unspecified atom stereocenters. The van der Waals surface area contributed by atoms with Crippen LogP contribution in [-0.2, 0) is 65.4 Å². The lowest BCUT2D eigenvalue weighted by Gasteiger charge is -2.21. The summed E-state index contributed by atoms with van der Waals surface area (Å²) in [4.78, 5) is 72.9. The number of esters is 4. The van der Waals surface area contributed by atoms with Crippen LogP contribution in [0.3, 0.4) is 0 Å². The topological polar surface area (TPSA) is 237 Å². The van der Waals surface area contributed by atoms with Gasteiger partial charge in [-0.25, -0.2) is 9.13 Å². The molecule has 0 amide bonds. The molecule has 17 nitrogen and oxygen atoms in total. The van der Waals surface area contributed by atoms with Gasteiger partial charge in [0.05, 0.1) is 26.4 Å². The van der Waals surface area contributed by atoms with Crippen molar-refractivity contribution in [1.29, 1.82) is 0 Å². The lowest BCUT2D eigenvalue weighted by Crippen LogP contribution is -2.30. The number of hydrogen-bond donors (Lipinski definition) is 3. The molecule has 0 fully saturated rings. The minimum Gasteiger partial charge on any atom is -0.462 e. The predicted octanol–water partition coefficient (Wildman–Crippen LogP) is 22.3. The predicted molar refractivity (Wildman–Crippen MR) is 408 cm³/mol. The normalized spacial score (nSPS) is 14.6. The highest BCUT2D eigenvalue weighted by molar-refractivity contribution is 7.47. The van der Waals surface area contributed by atoms with Crippen LogP contribution in [0.5, 0.6) is 0 Å². The van der Waals surface area contributed by atoms with Crippen LogP contribution in [0.4, 0.5) is 0 Å².